The Kier molecular flexibility index (Phi) is 4.94. The van der Waals surface area contributed by atoms with Gasteiger partial charge in [0.05, 0.1) is 15.2 Å². The summed E-state index contributed by atoms with van der Waals surface area (Å²) >= 11 is 8.83. The second-order valence-electron chi connectivity index (χ2n) is 4.88. The van der Waals surface area contributed by atoms with Gasteiger partial charge in [-0.2, -0.15) is 0 Å². The summed E-state index contributed by atoms with van der Waals surface area (Å²) in [6.45, 7) is 0.292. The van der Waals surface area contributed by atoms with Crippen LogP contribution in [0.25, 0.3) is 0 Å². The van der Waals surface area contributed by atoms with Crippen LogP contribution in [0.2, 0.25) is 5.02 Å². The number of nitrogen functional groups attached to an aromatic ring is 1. The number of anilines is 1. The van der Waals surface area contributed by atoms with Crippen molar-refractivity contribution in [1.29, 1.82) is 0 Å². The van der Waals surface area contributed by atoms with Crippen molar-refractivity contribution < 1.29 is 12.8 Å². The maximum absolute atomic E-state index is 14.0. The number of nitrogens with one attached hydrogen (secondary N) is 1. The highest BCUT2D eigenvalue weighted by Crippen LogP contribution is 2.34. The summed E-state index contributed by atoms with van der Waals surface area (Å²) in [6.07, 6.45) is 4.23. The van der Waals surface area contributed by atoms with Crippen molar-refractivity contribution >= 4 is 43.2 Å². The molecule has 0 radical (unpaired) electrons. The second kappa shape index (κ2) is 6.17. The molecule has 1 aromatic carbocycles. The summed E-state index contributed by atoms with van der Waals surface area (Å²) in [5.74, 6) is -0.418. The zero-order valence-electron chi connectivity index (χ0n) is 10.6. The van der Waals surface area contributed by atoms with E-state index >= 15 is 0 Å². The SMILES string of the molecule is Nc1c(F)c(S(=O)(=O)NCCC2CCC2)cc(Cl)c1Br. The molecular formula is C12H15BrClFN2O2S. The van der Waals surface area contributed by atoms with E-state index in [-0.39, 0.29) is 15.2 Å². The molecule has 1 aliphatic carbocycles. The number of nitrogens with two attached hydrogens (primary N) is 1. The van der Waals surface area contributed by atoms with Gasteiger partial charge < -0.3 is 5.73 Å². The Balaban J connectivity index is 2.16. The third-order valence-corrected chi connectivity index (χ3v) is 6.36. The van der Waals surface area contributed by atoms with Crippen molar-refractivity contribution in [2.75, 3.05) is 12.3 Å². The van der Waals surface area contributed by atoms with E-state index in [0.717, 1.165) is 25.3 Å². The zero-order chi connectivity index (χ0) is 14.9. The van der Waals surface area contributed by atoms with Gasteiger partial charge in [-0.3, -0.25) is 0 Å². The normalized spacial score (nSPS) is 16.1. The molecule has 0 bridgehead atoms. The lowest BCUT2D eigenvalue weighted by Gasteiger charge is -2.25. The molecule has 1 aromatic rings. The van der Waals surface area contributed by atoms with Gasteiger partial charge in [-0.05, 0) is 34.3 Å². The molecule has 20 heavy (non-hydrogen) atoms. The zero-order valence-corrected chi connectivity index (χ0v) is 13.8. The first-order valence-electron chi connectivity index (χ1n) is 6.25. The summed E-state index contributed by atoms with van der Waals surface area (Å²) in [7, 11) is -3.94. The molecule has 0 unspecified atom stereocenters. The lowest BCUT2D eigenvalue weighted by molar-refractivity contribution is 0.297. The summed E-state index contributed by atoms with van der Waals surface area (Å²) in [5.41, 5.74) is 5.18. The maximum atomic E-state index is 14.0. The van der Waals surface area contributed by atoms with Crippen LogP contribution in [0.3, 0.4) is 0 Å². The molecule has 2 rings (SSSR count). The molecular weight excluding hydrogens is 371 g/mol. The minimum absolute atomic E-state index is 0.0586. The van der Waals surface area contributed by atoms with Crippen LogP contribution in [0.15, 0.2) is 15.4 Å². The number of hydrogen-bond acceptors (Lipinski definition) is 3. The van der Waals surface area contributed by atoms with E-state index in [1.165, 1.54) is 6.42 Å². The largest absolute Gasteiger partial charge is 0.395 e. The summed E-state index contributed by atoms with van der Waals surface area (Å²) < 4.78 is 40.7. The van der Waals surface area contributed by atoms with E-state index in [1.807, 2.05) is 0 Å². The highest BCUT2D eigenvalue weighted by Gasteiger charge is 2.24. The monoisotopic (exact) mass is 384 g/mol. The van der Waals surface area contributed by atoms with E-state index in [1.54, 1.807) is 0 Å². The molecule has 0 spiro atoms. The molecule has 3 N–H and O–H groups in total. The van der Waals surface area contributed by atoms with Crippen molar-refractivity contribution in [2.45, 2.75) is 30.6 Å². The quantitative estimate of drug-likeness (QED) is 0.603. The molecule has 1 fully saturated rings. The van der Waals surface area contributed by atoms with Gasteiger partial charge in [0.15, 0.2) is 5.82 Å². The van der Waals surface area contributed by atoms with Gasteiger partial charge in [-0.25, -0.2) is 17.5 Å². The number of halogens is 3. The van der Waals surface area contributed by atoms with E-state index in [0.29, 0.717) is 12.5 Å². The van der Waals surface area contributed by atoms with Crippen molar-refractivity contribution in [3.63, 3.8) is 0 Å². The van der Waals surface area contributed by atoms with Crippen molar-refractivity contribution in [3.05, 3.63) is 21.4 Å². The molecule has 0 aromatic heterocycles. The first-order valence-corrected chi connectivity index (χ1v) is 8.91. The Labute approximate surface area is 131 Å². The fraction of sp³-hybridized carbons (Fsp3) is 0.500. The Morgan fingerprint density at radius 3 is 2.70 bits per heavy atom. The van der Waals surface area contributed by atoms with E-state index in [9.17, 15) is 12.8 Å². The van der Waals surface area contributed by atoms with Crippen LogP contribution in [-0.2, 0) is 10.0 Å². The highest BCUT2D eigenvalue weighted by molar-refractivity contribution is 9.10. The van der Waals surface area contributed by atoms with Crippen molar-refractivity contribution in [3.8, 4) is 0 Å². The average Bonchev–Trinajstić information content (AvgIpc) is 2.34. The van der Waals surface area contributed by atoms with Crippen molar-refractivity contribution in [1.82, 2.24) is 4.72 Å². The molecule has 8 heteroatoms. The van der Waals surface area contributed by atoms with Gasteiger partial charge in [0.25, 0.3) is 0 Å². The Morgan fingerprint density at radius 1 is 1.50 bits per heavy atom. The Bertz CT molecular complexity index is 620. The van der Waals surface area contributed by atoms with Gasteiger partial charge in [-0.1, -0.05) is 30.9 Å². The summed E-state index contributed by atoms with van der Waals surface area (Å²) in [5, 5.41) is 0.0586. The maximum Gasteiger partial charge on any atom is 0.243 e. The summed E-state index contributed by atoms with van der Waals surface area (Å²) in [4.78, 5) is -0.517. The van der Waals surface area contributed by atoms with Gasteiger partial charge in [0, 0.05) is 6.54 Å². The number of benzene rings is 1. The Morgan fingerprint density at radius 2 is 2.15 bits per heavy atom. The lowest BCUT2D eigenvalue weighted by Crippen LogP contribution is -2.28. The third-order valence-electron chi connectivity index (χ3n) is 3.52. The number of hydrogen-bond donors (Lipinski definition) is 2. The minimum atomic E-state index is -3.94. The fourth-order valence-electron chi connectivity index (χ4n) is 2.05. The smallest absolute Gasteiger partial charge is 0.243 e. The van der Waals surface area contributed by atoms with E-state index < -0.39 is 20.7 Å². The van der Waals surface area contributed by atoms with Crippen LogP contribution >= 0.6 is 27.5 Å². The van der Waals surface area contributed by atoms with Gasteiger partial charge >= 0.3 is 0 Å². The predicted molar refractivity (Wildman–Crippen MR) is 80.7 cm³/mol. The molecule has 0 atom stereocenters. The molecule has 0 saturated heterocycles. The van der Waals surface area contributed by atoms with Crippen LogP contribution in [0, 0.1) is 11.7 Å². The minimum Gasteiger partial charge on any atom is -0.395 e. The van der Waals surface area contributed by atoms with Crippen LogP contribution in [0.4, 0.5) is 10.1 Å². The van der Waals surface area contributed by atoms with Crippen molar-refractivity contribution in [2.24, 2.45) is 5.92 Å². The average molecular weight is 386 g/mol. The molecule has 1 aliphatic rings. The molecule has 0 heterocycles. The number of sulfonamides is 1. The van der Waals surface area contributed by atoms with Gasteiger partial charge in [0.2, 0.25) is 10.0 Å². The Hall–Kier alpha value is -0.370. The van der Waals surface area contributed by atoms with Crippen LogP contribution in [-0.4, -0.2) is 15.0 Å². The summed E-state index contributed by atoms with van der Waals surface area (Å²) in [6, 6.07) is 1.06. The number of rotatable bonds is 5. The molecule has 1 saturated carbocycles. The van der Waals surface area contributed by atoms with Crippen LogP contribution < -0.4 is 10.5 Å². The standard InChI is InChI=1S/C12H15BrClFN2O2S/c13-10-8(14)6-9(11(15)12(10)16)20(18,19)17-5-4-7-2-1-3-7/h6-7,17H,1-5,16H2. The van der Waals surface area contributed by atoms with E-state index in [2.05, 4.69) is 20.7 Å². The lowest BCUT2D eigenvalue weighted by atomic mass is 9.83. The second-order valence-corrected chi connectivity index (χ2v) is 7.82. The first-order chi connectivity index (χ1) is 9.33. The molecule has 112 valence electrons. The molecule has 0 amide bonds. The fourth-order valence-corrected chi connectivity index (χ4v) is 3.78. The molecule has 4 nitrogen and oxygen atoms in total. The topological polar surface area (TPSA) is 72.2 Å². The highest BCUT2D eigenvalue weighted by atomic mass is 79.9. The van der Waals surface area contributed by atoms with Crippen LogP contribution in [0.1, 0.15) is 25.7 Å². The first kappa shape index (κ1) is 16.0. The van der Waals surface area contributed by atoms with Crippen LogP contribution in [0.5, 0.6) is 0 Å². The third kappa shape index (κ3) is 3.27. The molecule has 0 aliphatic heterocycles. The van der Waals surface area contributed by atoms with Gasteiger partial charge in [0.1, 0.15) is 4.90 Å². The predicted octanol–water partition coefficient (Wildman–Crippen LogP) is 3.29. The van der Waals surface area contributed by atoms with E-state index in [4.69, 9.17) is 17.3 Å². The van der Waals surface area contributed by atoms with Gasteiger partial charge in [-0.15, -0.1) is 0 Å².